The molecule has 1 N–H and O–H groups in total. The van der Waals surface area contributed by atoms with Crippen LogP contribution in [0.2, 0.25) is 0 Å². The fourth-order valence-corrected chi connectivity index (χ4v) is 2.20. The van der Waals surface area contributed by atoms with Gasteiger partial charge in [-0.25, -0.2) is 0 Å². The normalized spacial score (nSPS) is 14.6. The summed E-state index contributed by atoms with van der Waals surface area (Å²) in [5.41, 5.74) is 4.17. The fourth-order valence-electron chi connectivity index (χ4n) is 2.20. The first-order chi connectivity index (χ1) is 9.31. The van der Waals surface area contributed by atoms with Crippen molar-refractivity contribution >= 4 is 0 Å². The van der Waals surface area contributed by atoms with Gasteiger partial charge in [-0.05, 0) is 65.7 Å². The second-order valence-electron chi connectivity index (χ2n) is 6.62. The highest BCUT2D eigenvalue weighted by molar-refractivity contribution is 5.06. The first kappa shape index (κ1) is 19.2. The van der Waals surface area contributed by atoms with Crippen LogP contribution in [0.3, 0.4) is 0 Å². The molecule has 1 atom stereocenters. The maximum atomic E-state index is 9.87. The van der Waals surface area contributed by atoms with Crippen LogP contribution in [-0.4, -0.2) is 11.2 Å². The Bertz CT molecular complexity index is 341. The molecule has 20 heavy (non-hydrogen) atoms. The van der Waals surface area contributed by atoms with Crippen LogP contribution in [-0.2, 0) is 0 Å². The Hall–Kier alpha value is -0.820. The maximum Gasteiger partial charge on any atom is 0.0725 e. The lowest BCUT2D eigenvalue weighted by molar-refractivity contribution is 0.194. The molecule has 0 aliphatic carbocycles. The fraction of sp³-hybridized carbons (Fsp3) is 0.684. The van der Waals surface area contributed by atoms with Crippen molar-refractivity contribution in [3.63, 3.8) is 0 Å². The van der Waals surface area contributed by atoms with Crippen LogP contribution in [0.5, 0.6) is 0 Å². The van der Waals surface area contributed by atoms with Gasteiger partial charge in [0.05, 0.1) is 6.10 Å². The Morgan fingerprint density at radius 2 is 1.45 bits per heavy atom. The van der Waals surface area contributed by atoms with Gasteiger partial charge in [-0.15, -0.1) is 0 Å². The Morgan fingerprint density at radius 1 is 0.900 bits per heavy atom. The molecule has 0 saturated carbocycles. The van der Waals surface area contributed by atoms with Gasteiger partial charge in [-0.2, -0.15) is 0 Å². The van der Waals surface area contributed by atoms with E-state index in [0.717, 1.165) is 32.1 Å². The molecule has 0 aliphatic rings. The summed E-state index contributed by atoms with van der Waals surface area (Å²) in [6.45, 7) is 12.9. The predicted molar refractivity (Wildman–Crippen MR) is 90.9 cm³/mol. The summed E-state index contributed by atoms with van der Waals surface area (Å²) < 4.78 is 0. The summed E-state index contributed by atoms with van der Waals surface area (Å²) in [7, 11) is 0. The molecule has 0 aromatic carbocycles. The van der Waals surface area contributed by atoms with Crippen LogP contribution < -0.4 is 0 Å². The summed E-state index contributed by atoms with van der Waals surface area (Å²) in [5.74, 6) is 0.547. The zero-order valence-electron chi connectivity index (χ0n) is 14.4. The van der Waals surface area contributed by atoms with Gasteiger partial charge in [0.25, 0.3) is 0 Å². The third-order valence-electron chi connectivity index (χ3n) is 3.31. The van der Waals surface area contributed by atoms with E-state index in [9.17, 15) is 5.11 Å². The van der Waals surface area contributed by atoms with Crippen molar-refractivity contribution in [3.8, 4) is 0 Å². The first-order valence-electron chi connectivity index (χ1n) is 7.95. The summed E-state index contributed by atoms with van der Waals surface area (Å²) >= 11 is 0. The van der Waals surface area contributed by atoms with Gasteiger partial charge in [0.1, 0.15) is 0 Å². The van der Waals surface area contributed by atoms with Crippen molar-refractivity contribution in [2.24, 2.45) is 5.92 Å². The number of aliphatic hydroxyl groups is 1. The molecule has 0 rings (SSSR count). The Morgan fingerprint density at radius 3 is 2.00 bits per heavy atom. The lowest BCUT2D eigenvalue weighted by Crippen LogP contribution is -2.07. The molecular weight excluding hydrogens is 244 g/mol. The van der Waals surface area contributed by atoms with Crippen LogP contribution in [0.15, 0.2) is 34.9 Å². The summed E-state index contributed by atoms with van der Waals surface area (Å²) in [6.07, 6.45) is 11.7. The standard InChI is InChI=1S/C19H34O/c1-15(2)9-7-10-17(5)11-8-12-18(6)14-19(20)13-16(3)4/h9,11,14,16,19-20H,7-8,10,12-13H2,1-6H3/b17-11+,18-14+. The molecule has 0 radical (unpaired) electrons. The molecule has 0 spiro atoms. The third kappa shape index (κ3) is 12.2. The second-order valence-corrected chi connectivity index (χ2v) is 6.62. The molecule has 1 unspecified atom stereocenters. The van der Waals surface area contributed by atoms with Gasteiger partial charge in [-0.3, -0.25) is 0 Å². The van der Waals surface area contributed by atoms with Gasteiger partial charge in [0.15, 0.2) is 0 Å². The number of allylic oxidation sites excluding steroid dienone is 5. The monoisotopic (exact) mass is 278 g/mol. The van der Waals surface area contributed by atoms with E-state index < -0.39 is 0 Å². The molecule has 0 aromatic heterocycles. The van der Waals surface area contributed by atoms with Gasteiger partial charge in [0.2, 0.25) is 0 Å². The minimum atomic E-state index is -0.280. The van der Waals surface area contributed by atoms with Crippen molar-refractivity contribution < 1.29 is 5.11 Å². The summed E-state index contributed by atoms with van der Waals surface area (Å²) in [5, 5.41) is 9.87. The summed E-state index contributed by atoms with van der Waals surface area (Å²) in [6, 6.07) is 0. The molecule has 0 aliphatic heterocycles. The smallest absolute Gasteiger partial charge is 0.0725 e. The first-order valence-corrected chi connectivity index (χ1v) is 7.95. The van der Waals surface area contributed by atoms with Crippen molar-refractivity contribution in [1.82, 2.24) is 0 Å². The second kappa shape index (κ2) is 10.9. The zero-order valence-corrected chi connectivity index (χ0v) is 14.4. The number of aliphatic hydroxyl groups excluding tert-OH is 1. The van der Waals surface area contributed by atoms with Crippen molar-refractivity contribution in [3.05, 3.63) is 34.9 Å². The number of rotatable bonds is 9. The average molecular weight is 278 g/mol. The van der Waals surface area contributed by atoms with Crippen LogP contribution in [0.4, 0.5) is 0 Å². The summed E-state index contributed by atoms with van der Waals surface area (Å²) in [4.78, 5) is 0. The third-order valence-corrected chi connectivity index (χ3v) is 3.31. The largest absolute Gasteiger partial charge is 0.389 e. The quantitative estimate of drug-likeness (QED) is 0.527. The van der Waals surface area contributed by atoms with Crippen LogP contribution in [0.1, 0.15) is 73.6 Å². The highest BCUT2D eigenvalue weighted by Gasteiger charge is 2.03. The molecule has 0 saturated heterocycles. The Labute approximate surface area is 126 Å². The molecule has 0 bridgehead atoms. The van der Waals surface area contributed by atoms with E-state index in [4.69, 9.17) is 0 Å². The van der Waals surface area contributed by atoms with E-state index in [0.29, 0.717) is 5.92 Å². The van der Waals surface area contributed by atoms with E-state index in [1.807, 2.05) is 6.08 Å². The molecule has 116 valence electrons. The minimum absolute atomic E-state index is 0.280. The highest BCUT2D eigenvalue weighted by Crippen LogP contribution is 2.13. The number of hydrogen-bond acceptors (Lipinski definition) is 1. The van der Waals surface area contributed by atoms with Gasteiger partial charge < -0.3 is 5.11 Å². The van der Waals surface area contributed by atoms with Crippen molar-refractivity contribution in [2.75, 3.05) is 0 Å². The lowest BCUT2D eigenvalue weighted by atomic mass is 10.0. The topological polar surface area (TPSA) is 20.2 Å². The van der Waals surface area contributed by atoms with Gasteiger partial charge in [-0.1, -0.05) is 48.8 Å². The Kier molecular flexibility index (Phi) is 10.5. The predicted octanol–water partition coefficient (Wildman–Crippen LogP) is 5.81. The van der Waals surface area contributed by atoms with Gasteiger partial charge >= 0.3 is 0 Å². The van der Waals surface area contributed by atoms with Crippen LogP contribution in [0.25, 0.3) is 0 Å². The van der Waals surface area contributed by atoms with Crippen LogP contribution >= 0.6 is 0 Å². The number of hydrogen-bond donors (Lipinski definition) is 1. The van der Waals surface area contributed by atoms with E-state index >= 15 is 0 Å². The van der Waals surface area contributed by atoms with E-state index in [-0.39, 0.29) is 6.10 Å². The molecule has 0 amide bonds. The highest BCUT2D eigenvalue weighted by atomic mass is 16.3. The molecule has 0 heterocycles. The molecule has 0 fully saturated rings. The van der Waals surface area contributed by atoms with E-state index in [1.54, 1.807) is 0 Å². The lowest BCUT2D eigenvalue weighted by Gasteiger charge is -2.10. The van der Waals surface area contributed by atoms with Crippen molar-refractivity contribution in [2.45, 2.75) is 79.8 Å². The Balaban J connectivity index is 4.02. The molecule has 1 nitrogen and oxygen atoms in total. The minimum Gasteiger partial charge on any atom is -0.389 e. The SMILES string of the molecule is CC(C)=CCC/C(C)=C/CC/C(C)=C/C(O)CC(C)C. The maximum absolute atomic E-state index is 9.87. The molecule has 0 aromatic rings. The molecular formula is C19H34O. The zero-order chi connectivity index (χ0) is 15.5. The van der Waals surface area contributed by atoms with Crippen LogP contribution in [0, 0.1) is 5.92 Å². The van der Waals surface area contributed by atoms with Crippen molar-refractivity contribution in [1.29, 1.82) is 0 Å². The van der Waals surface area contributed by atoms with Gasteiger partial charge in [0, 0.05) is 0 Å². The van der Waals surface area contributed by atoms with E-state index in [2.05, 4.69) is 53.7 Å². The average Bonchev–Trinajstić information content (AvgIpc) is 2.26. The molecule has 1 heteroatoms. The van der Waals surface area contributed by atoms with E-state index in [1.165, 1.54) is 16.7 Å².